The van der Waals surface area contributed by atoms with E-state index in [0.717, 1.165) is 28.9 Å². The van der Waals surface area contributed by atoms with E-state index in [1.165, 1.54) is 0 Å². The number of nitrogens with one attached hydrogen (secondary N) is 1. The van der Waals surface area contributed by atoms with Crippen molar-refractivity contribution in [1.82, 2.24) is 14.4 Å². The molecule has 0 spiro atoms. The molecule has 0 bridgehead atoms. The normalized spacial score (nSPS) is 11.1. The Morgan fingerprint density at radius 2 is 1.96 bits per heavy atom. The van der Waals surface area contributed by atoms with Crippen molar-refractivity contribution in [1.29, 1.82) is 0 Å². The van der Waals surface area contributed by atoms with Crippen molar-refractivity contribution in [2.75, 3.05) is 0 Å². The second-order valence-corrected chi connectivity index (χ2v) is 4.99. The van der Waals surface area contributed by atoms with E-state index in [1.807, 2.05) is 69.6 Å². The highest BCUT2D eigenvalue weighted by molar-refractivity contribution is 5.67. The smallest absolute Gasteiger partial charge is 0.248 e. The lowest BCUT2D eigenvalue weighted by molar-refractivity contribution is 1.05. The molecule has 0 aliphatic heterocycles. The van der Waals surface area contributed by atoms with Crippen LogP contribution in [0.5, 0.6) is 0 Å². The molecule has 0 aliphatic rings. The Balaban J connectivity index is 0.00000100. The number of nitrogens with zero attached hydrogens (tertiary/aromatic N) is 2. The van der Waals surface area contributed by atoms with E-state index in [4.69, 9.17) is 0 Å². The van der Waals surface area contributed by atoms with Crippen LogP contribution in [0.25, 0.3) is 16.8 Å². The van der Waals surface area contributed by atoms with Crippen molar-refractivity contribution in [3.63, 3.8) is 0 Å². The molecule has 1 N–H and O–H groups in total. The summed E-state index contributed by atoms with van der Waals surface area (Å²) in [5.74, 6) is 0. The molecule has 0 unspecified atom stereocenters. The van der Waals surface area contributed by atoms with Gasteiger partial charge in [-0.25, -0.2) is 4.98 Å². The first-order chi connectivity index (χ1) is 11.8. The van der Waals surface area contributed by atoms with Gasteiger partial charge in [-0.05, 0) is 36.2 Å². The van der Waals surface area contributed by atoms with E-state index in [0.29, 0.717) is 0 Å². The van der Waals surface area contributed by atoms with Gasteiger partial charge in [-0.1, -0.05) is 38.2 Å². The third-order valence-electron chi connectivity index (χ3n) is 3.46. The van der Waals surface area contributed by atoms with Crippen LogP contribution in [0.1, 0.15) is 26.5 Å². The summed E-state index contributed by atoms with van der Waals surface area (Å²) in [6.07, 6.45) is 14.5. The van der Waals surface area contributed by atoms with Gasteiger partial charge in [0.15, 0.2) is 0 Å². The third-order valence-corrected chi connectivity index (χ3v) is 3.46. The SMILES string of the molecule is C/C=C\C=C/Cc1cnc2cc(-c3cc[nH]c(=O)c3)ccn12.CC. The third kappa shape index (κ3) is 4.10. The van der Waals surface area contributed by atoms with Crippen molar-refractivity contribution in [2.24, 2.45) is 0 Å². The number of imidazole rings is 1. The summed E-state index contributed by atoms with van der Waals surface area (Å²) in [6, 6.07) is 7.48. The first kappa shape index (κ1) is 17.5. The fourth-order valence-corrected chi connectivity index (χ4v) is 2.37. The van der Waals surface area contributed by atoms with E-state index < -0.39 is 0 Å². The zero-order chi connectivity index (χ0) is 17.4. The van der Waals surface area contributed by atoms with Gasteiger partial charge in [0.2, 0.25) is 5.56 Å². The monoisotopic (exact) mass is 321 g/mol. The van der Waals surface area contributed by atoms with Crippen LogP contribution in [-0.2, 0) is 6.42 Å². The number of hydrogen-bond acceptors (Lipinski definition) is 2. The van der Waals surface area contributed by atoms with Crippen molar-refractivity contribution >= 4 is 5.65 Å². The van der Waals surface area contributed by atoms with Gasteiger partial charge in [0.05, 0.1) is 0 Å². The highest BCUT2D eigenvalue weighted by atomic mass is 16.1. The minimum absolute atomic E-state index is 0.101. The summed E-state index contributed by atoms with van der Waals surface area (Å²) in [5.41, 5.74) is 3.79. The Labute approximate surface area is 142 Å². The van der Waals surface area contributed by atoms with Crippen molar-refractivity contribution in [2.45, 2.75) is 27.2 Å². The van der Waals surface area contributed by atoms with Crippen LogP contribution in [0.3, 0.4) is 0 Å². The Morgan fingerprint density at radius 3 is 2.71 bits per heavy atom. The first-order valence-corrected chi connectivity index (χ1v) is 8.21. The van der Waals surface area contributed by atoms with Crippen LogP contribution in [0.2, 0.25) is 0 Å². The standard InChI is InChI=1S/C18H17N3O.C2H6/c1-2-3-4-5-6-16-13-20-17-11-15(8-10-21(16)17)14-7-9-19-18(22)12-14;1-2/h2-5,7-13H,6H2,1H3,(H,19,22);1-2H3/b3-2-,5-4-;. The predicted molar refractivity (Wildman–Crippen MR) is 100 cm³/mol. The quantitative estimate of drug-likeness (QED) is 0.725. The summed E-state index contributed by atoms with van der Waals surface area (Å²) in [4.78, 5) is 18.5. The molecule has 0 atom stereocenters. The molecule has 0 saturated carbocycles. The van der Waals surface area contributed by atoms with E-state index >= 15 is 0 Å². The van der Waals surface area contributed by atoms with Gasteiger partial charge in [-0.2, -0.15) is 0 Å². The van der Waals surface area contributed by atoms with Crippen LogP contribution in [0.15, 0.2) is 72.0 Å². The second kappa shape index (κ2) is 8.67. The largest absolute Gasteiger partial charge is 0.329 e. The number of pyridine rings is 2. The van der Waals surface area contributed by atoms with E-state index in [2.05, 4.69) is 20.4 Å². The van der Waals surface area contributed by atoms with Crippen molar-refractivity contribution in [3.8, 4) is 11.1 Å². The average molecular weight is 321 g/mol. The Kier molecular flexibility index (Phi) is 6.32. The molecular formula is C20H23N3O. The average Bonchev–Trinajstić information content (AvgIpc) is 3.03. The van der Waals surface area contributed by atoms with E-state index in [9.17, 15) is 4.79 Å². The molecular weight excluding hydrogens is 298 g/mol. The van der Waals surface area contributed by atoms with Gasteiger partial charge in [0.1, 0.15) is 5.65 Å². The molecule has 0 amide bonds. The van der Waals surface area contributed by atoms with E-state index in [1.54, 1.807) is 12.3 Å². The maximum atomic E-state index is 11.4. The lowest BCUT2D eigenvalue weighted by Gasteiger charge is -2.03. The number of fused-ring (bicyclic) bond motifs is 1. The highest BCUT2D eigenvalue weighted by Crippen LogP contribution is 2.19. The van der Waals surface area contributed by atoms with Gasteiger partial charge < -0.3 is 9.38 Å². The van der Waals surface area contributed by atoms with Gasteiger partial charge in [-0.3, -0.25) is 4.79 Å². The molecule has 0 radical (unpaired) electrons. The number of H-pyrrole nitrogens is 1. The number of rotatable bonds is 4. The summed E-state index contributed by atoms with van der Waals surface area (Å²) in [6.45, 7) is 5.99. The molecule has 3 aromatic rings. The Bertz CT molecular complexity index is 900. The second-order valence-electron chi connectivity index (χ2n) is 4.99. The molecule has 3 aromatic heterocycles. The first-order valence-electron chi connectivity index (χ1n) is 8.21. The highest BCUT2D eigenvalue weighted by Gasteiger charge is 2.04. The van der Waals surface area contributed by atoms with Crippen LogP contribution in [0, 0.1) is 0 Å². The molecule has 0 aliphatic carbocycles. The fraction of sp³-hybridized carbons (Fsp3) is 0.200. The number of aromatic nitrogens is 3. The van der Waals surface area contributed by atoms with E-state index in [-0.39, 0.29) is 5.56 Å². The van der Waals surface area contributed by atoms with Gasteiger partial charge in [0.25, 0.3) is 0 Å². The number of aromatic amines is 1. The molecule has 4 heteroatoms. The molecule has 4 nitrogen and oxygen atoms in total. The Morgan fingerprint density at radius 1 is 1.17 bits per heavy atom. The summed E-state index contributed by atoms with van der Waals surface area (Å²) >= 11 is 0. The summed E-state index contributed by atoms with van der Waals surface area (Å²) in [7, 11) is 0. The molecule has 0 fully saturated rings. The zero-order valence-electron chi connectivity index (χ0n) is 14.4. The van der Waals surface area contributed by atoms with Crippen molar-refractivity contribution < 1.29 is 0 Å². The molecule has 0 saturated heterocycles. The molecule has 3 heterocycles. The van der Waals surface area contributed by atoms with Crippen molar-refractivity contribution in [3.05, 3.63) is 83.2 Å². The number of hydrogen-bond donors (Lipinski definition) is 1. The van der Waals surface area contributed by atoms with Crippen LogP contribution in [-0.4, -0.2) is 14.4 Å². The predicted octanol–water partition coefficient (Wildman–Crippen LogP) is 4.39. The number of allylic oxidation sites excluding steroid dienone is 4. The molecule has 24 heavy (non-hydrogen) atoms. The van der Waals surface area contributed by atoms with Crippen LogP contribution >= 0.6 is 0 Å². The zero-order valence-corrected chi connectivity index (χ0v) is 14.4. The minimum Gasteiger partial charge on any atom is -0.329 e. The maximum Gasteiger partial charge on any atom is 0.248 e. The molecule has 3 rings (SSSR count). The summed E-state index contributed by atoms with van der Waals surface area (Å²) in [5, 5.41) is 0. The molecule has 124 valence electrons. The lowest BCUT2D eigenvalue weighted by atomic mass is 10.1. The topological polar surface area (TPSA) is 50.2 Å². The van der Waals surface area contributed by atoms with Gasteiger partial charge in [0, 0.05) is 36.8 Å². The minimum atomic E-state index is -0.101. The van der Waals surface area contributed by atoms with Crippen LogP contribution < -0.4 is 5.56 Å². The maximum absolute atomic E-state index is 11.4. The van der Waals surface area contributed by atoms with Gasteiger partial charge in [-0.15, -0.1) is 0 Å². The summed E-state index contributed by atoms with van der Waals surface area (Å²) < 4.78 is 2.07. The Hall–Kier alpha value is -2.88. The van der Waals surface area contributed by atoms with Gasteiger partial charge >= 0.3 is 0 Å². The fourth-order valence-electron chi connectivity index (χ4n) is 2.37. The lowest BCUT2D eigenvalue weighted by Crippen LogP contribution is -2.02. The molecule has 0 aromatic carbocycles. The van der Waals surface area contributed by atoms with Crippen LogP contribution in [0.4, 0.5) is 0 Å².